The van der Waals surface area contributed by atoms with E-state index in [0.29, 0.717) is 6.42 Å². The summed E-state index contributed by atoms with van der Waals surface area (Å²) in [6.45, 7) is 0. The van der Waals surface area contributed by atoms with Gasteiger partial charge in [-0.2, -0.15) is 0 Å². The highest BCUT2D eigenvalue weighted by molar-refractivity contribution is 5.34. The molecule has 1 aromatic carbocycles. The van der Waals surface area contributed by atoms with Gasteiger partial charge in [0, 0.05) is 6.42 Å². The first kappa shape index (κ1) is 6.80. The molecule has 11 heavy (non-hydrogen) atoms. The van der Waals surface area contributed by atoms with Gasteiger partial charge in [0.1, 0.15) is 12.3 Å². The van der Waals surface area contributed by atoms with Crippen LogP contribution >= 0.6 is 0 Å². The summed E-state index contributed by atoms with van der Waals surface area (Å²) < 4.78 is 12.9. The van der Waals surface area contributed by atoms with Crippen molar-refractivity contribution in [2.24, 2.45) is 0 Å². The molecular formula is C9H9FO. The maximum Gasteiger partial charge on any atom is 0.134 e. The first-order valence-electron chi connectivity index (χ1n) is 3.69. The molecule has 0 radical (unpaired) electrons. The van der Waals surface area contributed by atoms with Crippen LogP contribution in [-0.2, 0) is 6.42 Å². The highest BCUT2D eigenvalue weighted by atomic mass is 19.1. The second-order valence-corrected chi connectivity index (χ2v) is 2.86. The zero-order valence-corrected chi connectivity index (χ0v) is 6.00. The maximum absolute atomic E-state index is 12.9. The van der Waals surface area contributed by atoms with E-state index >= 15 is 0 Å². The molecule has 0 aromatic heterocycles. The molecule has 1 aliphatic carbocycles. The summed E-state index contributed by atoms with van der Waals surface area (Å²) in [5, 5.41) is 9.27. The SMILES string of the molecule is O[C@@H]1c2ccccc2C[C@@H]1F. The summed E-state index contributed by atoms with van der Waals surface area (Å²) in [6, 6.07) is 7.32. The summed E-state index contributed by atoms with van der Waals surface area (Å²) in [7, 11) is 0. The van der Waals surface area contributed by atoms with E-state index in [1.807, 2.05) is 18.2 Å². The molecule has 2 rings (SSSR count). The van der Waals surface area contributed by atoms with Gasteiger partial charge in [-0.1, -0.05) is 24.3 Å². The van der Waals surface area contributed by atoms with Crippen LogP contribution in [0.15, 0.2) is 24.3 Å². The first-order chi connectivity index (χ1) is 5.29. The Morgan fingerprint density at radius 2 is 2.09 bits per heavy atom. The Labute approximate surface area is 64.5 Å². The molecule has 0 amide bonds. The molecule has 2 atom stereocenters. The van der Waals surface area contributed by atoms with Crippen molar-refractivity contribution in [3.63, 3.8) is 0 Å². The van der Waals surface area contributed by atoms with Crippen molar-refractivity contribution in [3.8, 4) is 0 Å². The zero-order valence-electron chi connectivity index (χ0n) is 6.00. The first-order valence-corrected chi connectivity index (χ1v) is 3.69. The minimum absolute atomic E-state index is 0.358. The van der Waals surface area contributed by atoms with Gasteiger partial charge in [-0.3, -0.25) is 0 Å². The molecular weight excluding hydrogens is 143 g/mol. The minimum Gasteiger partial charge on any atom is -0.385 e. The Morgan fingerprint density at radius 3 is 2.82 bits per heavy atom. The van der Waals surface area contributed by atoms with Gasteiger partial charge in [-0.25, -0.2) is 4.39 Å². The molecule has 0 heterocycles. The lowest BCUT2D eigenvalue weighted by Crippen LogP contribution is -2.05. The van der Waals surface area contributed by atoms with Crippen molar-refractivity contribution in [2.75, 3.05) is 0 Å². The summed E-state index contributed by atoms with van der Waals surface area (Å²) in [5.41, 5.74) is 1.69. The van der Waals surface area contributed by atoms with E-state index in [4.69, 9.17) is 0 Å². The number of halogens is 1. The molecule has 1 nitrogen and oxygen atoms in total. The second-order valence-electron chi connectivity index (χ2n) is 2.86. The molecule has 0 spiro atoms. The molecule has 1 N–H and O–H groups in total. The van der Waals surface area contributed by atoms with E-state index in [-0.39, 0.29) is 0 Å². The number of aliphatic hydroxyl groups excluding tert-OH is 1. The fourth-order valence-corrected chi connectivity index (χ4v) is 1.53. The maximum atomic E-state index is 12.9. The van der Waals surface area contributed by atoms with Crippen LogP contribution in [0.4, 0.5) is 4.39 Å². The number of benzene rings is 1. The van der Waals surface area contributed by atoms with Crippen LogP contribution in [0.5, 0.6) is 0 Å². The number of fused-ring (bicyclic) bond motifs is 1. The lowest BCUT2D eigenvalue weighted by Gasteiger charge is -2.04. The lowest BCUT2D eigenvalue weighted by atomic mass is 10.1. The lowest BCUT2D eigenvalue weighted by molar-refractivity contribution is 0.0926. The Balaban J connectivity index is 2.47. The molecule has 0 saturated carbocycles. The van der Waals surface area contributed by atoms with Crippen molar-refractivity contribution < 1.29 is 9.50 Å². The van der Waals surface area contributed by atoms with Crippen LogP contribution in [0.2, 0.25) is 0 Å². The molecule has 0 bridgehead atoms. The van der Waals surface area contributed by atoms with Gasteiger partial charge in [0.25, 0.3) is 0 Å². The van der Waals surface area contributed by atoms with Crippen LogP contribution in [0.25, 0.3) is 0 Å². The van der Waals surface area contributed by atoms with Crippen molar-refractivity contribution in [3.05, 3.63) is 35.4 Å². The van der Waals surface area contributed by atoms with Gasteiger partial charge >= 0.3 is 0 Å². The van der Waals surface area contributed by atoms with Crippen molar-refractivity contribution in [1.29, 1.82) is 0 Å². The Morgan fingerprint density at radius 1 is 1.36 bits per heavy atom. The quantitative estimate of drug-likeness (QED) is 0.598. The van der Waals surface area contributed by atoms with Crippen LogP contribution < -0.4 is 0 Å². The molecule has 58 valence electrons. The monoisotopic (exact) mass is 152 g/mol. The summed E-state index contributed by atoms with van der Waals surface area (Å²) in [4.78, 5) is 0. The molecule has 1 aromatic rings. The van der Waals surface area contributed by atoms with Crippen molar-refractivity contribution in [2.45, 2.75) is 18.7 Å². The normalized spacial score (nSPS) is 28.5. The van der Waals surface area contributed by atoms with Crippen LogP contribution in [0, 0.1) is 0 Å². The van der Waals surface area contributed by atoms with Crippen molar-refractivity contribution in [1.82, 2.24) is 0 Å². The van der Waals surface area contributed by atoms with Gasteiger partial charge in [0.05, 0.1) is 0 Å². The van der Waals surface area contributed by atoms with Gasteiger partial charge in [-0.05, 0) is 11.1 Å². The molecule has 0 saturated heterocycles. The van der Waals surface area contributed by atoms with Crippen LogP contribution in [0.1, 0.15) is 17.2 Å². The number of aliphatic hydroxyl groups is 1. The largest absolute Gasteiger partial charge is 0.385 e. The Kier molecular flexibility index (Phi) is 1.43. The Hall–Kier alpha value is -0.890. The average molecular weight is 152 g/mol. The second kappa shape index (κ2) is 2.31. The van der Waals surface area contributed by atoms with Crippen LogP contribution in [0.3, 0.4) is 0 Å². The average Bonchev–Trinajstić information content (AvgIpc) is 2.30. The summed E-state index contributed by atoms with van der Waals surface area (Å²) in [6.07, 6.45) is -1.64. The third kappa shape index (κ3) is 0.942. The number of hydrogen-bond donors (Lipinski definition) is 1. The summed E-state index contributed by atoms with van der Waals surface area (Å²) in [5.74, 6) is 0. The highest BCUT2D eigenvalue weighted by Gasteiger charge is 2.29. The predicted molar refractivity (Wildman–Crippen MR) is 40.0 cm³/mol. The van der Waals surface area contributed by atoms with E-state index in [1.165, 1.54) is 0 Å². The predicted octanol–water partition coefficient (Wildman–Crippen LogP) is 1.61. The number of alkyl halides is 1. The number of rotatable bonds is 0. The third-order valence-electron chi connectivity index (χ3n) is 2.13. The van der Waals surface area contributed by atoms with Gasteiger partial charge in [0.2, 0.25) is 0 Å². The fourth-order valence-electron chi connectivity index (χ4n) is 1.53. The minimum atomic E-state index is -1.10. The van der Waals surface area contributed by atoms with E-state index in [1.54, 1.807) is 6.07 Å². The van der Waals surface area contributed by atoms with E-state index in [2.05, 4.69) is 0 Å². The van der Waals surface area contributed by atoms with E-state index in [0.717, 1.165) is 11.1 Å². The van der Waals surface area contributed by atoms with Crippen molar-refractivity contribution >= 4 is 0 Å². The standard InChI is InChI=1S/C9H9FO/c10-8-5-6-3-1-2-4-7(6)9(8)11/h1-4,8-9,11H,5H2/t8-,9+/m0/s1. The third-order valence-corrected chi connectivity index (χ3v) is 2.13. The van der Waals surface area contributed by atoms with Crippen LogP contribution in [-0.4, -0.2) is 11.3 Å². The smallest absolute Gasteiger partial charge is 0.134 e. The topological polar surface area (TPSA) is 20.2 Å². The molecule has 0 unspecified atom stereocenters. The summed E-state index contributed by atoms with van der Waals surface area (Å²) >= 11 is 0. The van der Waals surface area contributed by atoms with Gasteiger partial charge in [0.15, 0.2) is 0 Å². The van der Waals surface area contributed by atoms with Gasteiger partial charge < -0.3 is 5.11 Å². The number of hydrogen-bond acceptors (Lipinski definition) is 1. The van der Waals surface area contributed by atoms with E-state index in [9.17, 15) is 9.50 Å². The van der Waals surface area contributed by atoms with Gasteiger partial charge in [-0.15, -0.1) is 0 Å². The molecule has 2 heteroatoms. The molecule has 0 aliphatic heterocycles. The van der Waals surface area contributed by atoms with E-state index < -0.39 is 12.3 Å². The zero-order chi connectivity index (χ0) is 7.84. The highest BCUT2D eigenvalue weighted by Crippen LogP contribution is 2.32. The Bertz CT molecular complexity index is 272. The molecule has 1 aliphatic rings. The fraction of sp³-hybridized carbons (Fsp3) is 0.333. The molecule has 0 fully saturated rings.